The van der Waals surface area contributed by atoms with Crippen LogP contribution in [0.4, 0.5) is 0 Å². The van der Waals surface area contributed by atoms with Gasteiger partial charge in [-0.05, 0) is 27.2 Å². The first kappa shape index (κ1) is 13.1. The lowest BCUT2D eigenvalue weighted by molar-refractivity contribution is -0.121. The predicted molar refractivity (Wildman–Crippen MR) is 66.2 cm³/mol. The minimum atomic E-state index is -0.283. The molecular formula is C11H19N3OS. The quantitative estimate of drug-likeness (QED) is 0.822. The smallest absolute Gasteiger partial charge is 0.220 e. The van der Waals surface area contributed by atoms with E-state index < -0.39 is 0 Å². The molecule has 0 aromatic carbocycles. The van der Waals surface area contributed by atoms with Gasteiger partial charge in [0.2, 0.25) is 5.91 Å². The standard InChI is InChI=1S/C11H19N3OS/c1-8-7-16-10(14-8)6-13-9(15)4-5-11(2,3)12/h7H,4-6,12H2,1-3H3,(H,13,15). The van der Waals surface area contributed by atoms with Crippen LogP contribution in [0, 0.1) is 6.92 Å². The lowest BCUT2D eigenvalue weighted by Gasteiger charge is -2.17. The van der Waals surface area contributed by atoms with E-state index in [9.17, 15) is 4.79 Å². The Kier molecular flexibility index (Phi) is 4.44. The molecule has 0 aliphatic rings. The van der Waals surface area contributed by atoms with E-state index in [1.165, 1.54) is 0 Å². The van der Waals surface area contributed by atoms with Gasteiger partial charge in [0, 0.05) is 23.0 Å². The van der Waals surface area contributed by atoms with E-state index in [0.717, 1.165) is 10.7 Å². The van der Waals surface area contributed by atoms with Crippen LogP contribution in [0.2, 0.25) is 0 Å². The van der Waals surface area contributed by atoms with Crippen molar-refractivity contribution in [3.8, 4) is 0 Å². The van der Waals surface area contributed by atoms with Crippen molar-refractivity contribution in [3.05, 3.63) is 16.1 Å². The number of nitrogens with two attached hydrogens (primary N) is 1. The summed E-state index contributed by atoms with van der Waals surface area (Å²) in [6, 6.07) is 0. The molecule has 0 atom stereocenters. The highest BCUT2D eigenvalue weighted by Gasteiger charge is 2.13. The van der Waals surface area contributed by atoms with Crippen molar-refractivity contribution >= 4 is 17.2 Å². The molecule has 0 saturated heterocycles. The molecule has 16 heavy (non-hydrogen) atoms. The number of carbonyl (C=O) groups is 1. The third-order valence-corrected chi connectivity index (χ3v) is 3.07. The summed E-state index contributed by atoms with van der Waals surface area (Å²) in [6.07, 6.45) is 1.16. The first-order valence-corrected chi connectivity index (χ1v) is 6.21. The van der Waals surface area contributed by atoms with Gasteiger partial charge in [-0.3, -0.25) is 4.79 Å². The van der Waals surface area contributed by atoms with E-state index in [2.05, 4.69) is 10.3 Å². The maximum absolute atomic E-state index is 11.5. The topological polar surface area (TPSA) is 68.0 Å². The molecular weight excluding hydrogens is 222 g/mol. The van der Waals surface area contributed by atoms with Crippen molar-refractivity contribution in [2.45, 2.75) is 45.7 Å². The van der Waals surface area contributed by atoms with Crippen LogP contribution in [-0.2, 0) is 11.3 Å². The molecule has 3 N–H and O–H groups in total. The molecule has 0 saturated carbocycles. The summed E-state index contributed by atoms with van der Waals surface area (Å²) in [5.41, 5.74) is 6.52. The Morgan fingerprint density at radius 2 is 2.31 bits per heavy atom. The van der Waals surface area contributed by atoms with E-state index in [0.29, 0.717) is 19.4 Å². The van der Waals surface area contributed by atoms with Crippen LogP contribution in [0.1, 0.15) is 37.4 Å². The summed E-state index contributed by atoms with van der Waals surface area (Å²) in [5.74, 6) is 0.0337. The van der Waals surface area contributed by atoms with E-state index in [-0.39, 0.29) is 11.4 Å². The van der Waals surface area contributed by atoms with Gasteiger partial charge in [-0.15, -0.1) is 11.3 Å². The summed E-state index contributed by atoms with van der Waals surface area (Å²) in [5, 5.41) is 5.76. The Labute approximate surface area is 100 Å². The van der Waals surface area contributed by atoms with Crippen LogP contribution in [-0.4, -0.2) is 16.4 Å². The molecule has 0 aliphatic carbocycles. The Hall–Kier alpha value is -0.940. The van der Waals surface area contributed by atoms with Crippen molar-refractivity contribution in [2.75, 3.05) is 0 Å². The number of carbonyl (C=O) groups excluding carboxylic acids is 1. The van der Waals surface area contributed by atoms with Crippen molar-refractivity contribution in [1.82, 2.24) is 10.3 Å². The summed E-state index contributed by atoms with van der Waals surface area (Å²) in [4.78, 5) is 15.8. The van der Waals surface area contributed by atoms with Crippen molar-refractivity contribution in [1.29, 1.82) is 0 Å². The van der Waals surface area contributed by atoms with E-state index in [4.69, 9.17) is 5.73 Å². The van der Waals surface area contributed by atoms with E-state index >= 15 is 0 Å². The molecule has 0 radical (unpaired) electrons. The molecule has 1 rings (SSSR count). The third kappa shape index (κ3) is 5.23. The van der Waals surface area contributed by atoms with Gasteiger partial charge in [-0.1, -0.05) is 0 Å². The highest BCUT2D eigenvalue weighted by atomic mass is 32.1. The number of hydrogen-bond donors (Lipinski definition) is 2. The summed E-state index contributed by atoms with van der Waals surface area (Å²) in [6.45, 7) is 6.30. The SMILES string of the molecule is Cc1csc(CNC(=O)CCC(C)(C)N)n1. The highest BCUT2D eigenvalue weighted by molar-refractivity contribution is 7.09. The van der Waals surface area contributed by atoms with Crippen LogP contribution in [0.3, 0.4) is 0 Å². The molecule has 0 bridgehead atoms. The van der Waals surface area contributed by atoms with Crippen LogP contribution in [0.15, 0.2) is 5.38 Å². The van der Waals surface area contributed by atoms with Crippen molar-refractivity contribution < 1.29 is 4.79 Å². The second kappa shape index (κ2) is 5.41. The zero-order valence-corrected chi connectivity index (χ0v) is 10.9. The van der Waals surface area contributed by atoms with Gasteiger partial charge in [0.05, 0.1) is 6.54 Å². The Balaban J connectivity index is 2.25. The molecule has 0 aliphatic heterocycles. The average Bonchev–Trinajstić information content (AvgIpc) is 2.57. The predicted octanol–water partition coefficient (Wildman–Crippen LogP) is 1.59. The number of thiazole rings is 1. The summed E-state index contributed by atoms with van der Waals surface area (Å²) in [7, 11) is 0. The van der Waals surface area contributed by atoms with Crippen LogP contribution in [0.25, 0.3) is 0 Å². The third-order valence-electron chi connectivity index (χ3n) is 2.10. The van der Waals surface area contributed by atoms with Gasteiger partial charge in [0.1, 0.15) is 5.01 Å². The lowest BCUT2D eigenvalue weighted by atomic mass is 10.00. The second-order valence-corrected chi connectivity index (χ2v) is 5.59. The molecule has 0 spiro atoms. The summed E-state index contributed by atoms with van der Waals surface area (Å²) < 4.78 is 0. The normalized spacial score (nSPS) is 11.5. The largest absolute Gasteiger partial charge is 0.350 e. The zero-order chi connectivity index (χ0) is 12.2. The number of nitrogens with one attached hydrogen (secondary N) is 1. The summed E-state index contributed by atoms with van der Waals surface area (Å²) >= 11 is 1.56. The monoisotopic (exact) mass is 241 g/mol. The average molecular weight is 241 g/mol. The molecule has 5 heteroatoms. The molecule has 0 unspecified atom stereocenters. The van der Waals surface area contributed by atoms with Crippen LogP contribution < -0.4 is 11.1 Å². The molecule has 1 heterocycles. The van der Waals surface area contributed by atoms with E-state index in [1.54, 1.807) is 11.3 Å². The number of nitrogens with zero attached hydrogens (tertiary/aromatic N) is 1. The number of amides is 1. The fourth-order valence-electron chi connectivity index (χ4n) is 1.18. The van der Waals surface area contributed by atoms with Crippen LogP contribution in [0.5, 0.6) is 0 Å². The zero-order valence-electron chi connectivity index (χ0n) is 10.0. The number of aromatic nitrogens is 1. The van der Waals surface area contributed by atoms with E-state index in [1.807, 2.05) is 26.2 Å². The Morgan fingerprint density at radius 1 is 1.62 bits per heavy atom. The van der Waals surface area contributed by atoms with Gasteiger partial charge in [-0.2, -0.15) is 0 Å². The molecule has 0 fully saturated rings. The van der Waals surface area contributed by atoms with Crippen LogP contribution >= 0.6 is 11.3 Å². The Morgan fingerprint density at radius 3 is 2.81 bits per heavy atom. The number of aryl methyl sites for hydroxylation is 1. The molecule has 1 aromatic heterocycles. The highest BCUT2D eigenvalue weighted by Crippen LogP contribution is 2.09. The molecule has 90 valence electrons. The fourth-order valence-corrected chi connectivity index (χ4v) is 1.89. The van der Waals surface area contributed by atoms with Gasteiger partial charge in [0.15, 0.2) is 0 Å². The number of hydrogen-bond acceptors (Lipinski definition) is 4. The van der Waals surface area contributed by atoms with Gasteiger partial charge >= 0.3 is 0 Å². The maximum Gasteiger partial charge on any atom is 0.220 e. The van der Waals surface area contributed by atoms with Crippen molar-refractivity contribution in [2.24, 2.45) is 5.73 Å². The lowest BCUT2D eigenvalue weighted by Crippen LogP contribution is -2.34. The minimum Gasteiger partial charge on any atom is -0.350 e. The van der Waals surface area contributed by atoms with Gasteiger partial charge < -0.3 is 11.1 Å². The molecule has 1 aromatic rings. The Bertz CT molecular complexity index is 354. The first-order valence-electron chi connectivity index (χ1n) is 5.33. The van der Waals surface area contributed by atoms with Gasteiger partial charge in [0.25, 0.3) is 0 Å². The maximum atomic E-state index is 11.5. The second-order valence-electron chi connectivity index (χ2n) is 4.65. The minimum absolute atomic E-state index is 0.0337. The number of rotatable bonds is 5. The fraction of sp³-hybridized carbons (Fsp3) is 0.636. The molecule has 4 nitrogen and oxygen atoms in total. The van der Waals surface area contributed by atoms with Crippen molar-refractivity contribution in [3.63, 3.8) is 0 Å². The first-order chi connectivity index (χ1) is 7.37. The molecule has 1 amide bonds. The van der Waals surface area contributed by atoms with Gasteiger partial charge in [-0.25, -0.2) is 4.98 Å².